The monoisotopic (exact) mass is 486 g/mol. The molecule has 3 fully saturated rings. The summed E-state index contributed by atoms with van der Waals surface area (Å²) >= 11 is 0. The van der Waals surface area contributed by atoms with Gasteiger partial charge in [0.2, 0.25) is 0 Å². The highest BCUT2D eigenvalue weighted by molar-refractivity contribution is 6.04. The first-order valence-electron chi connectivity index (χ1n) is 13.9. The van der Waals surface area contributed by atoms with Crippen molar-refractivity contribution >= 4 is 11.6 Å². The van der Waals surface area contributed by atoms with Gasteiger partial charge in [-0.05, 0) is 78.6 Å². The van der Waals surface area contributed by atoms with Crippen LogP contribution < -0.4 is 0 Å². The zero-order valence-corrected chi connectivity index (χ0v) is 23.4. The van der Waals surface area contributed by atoms with E-state index in [4.69, 9.17) is 0 Å². The molecule has 0 amide bonds. The van der Waals surface area contributed by atoms with Crippen LogP contribution in [0.4, 0.5) is 0 Å². The standard InChI is InChI=1S/C32H42N2O2/c1-19-14-32(18-34)12-11-31(8)25(21(32)16-27(19,2)3)22(35)13-24-29(6)15-20(17-33)26(36)28(4,5)23(29)9-10-30(24,31)7/h13,15,19,21,23,25H,9-12,14,16H2,1-8H3/t19?,21-,23-,25-,29-,30+,31+,32-/m0/s1. The minimum atomic E-state index is -0.649. The highest BCUT2D eigenvalue weighted by atomic mass is 16.1. The molecule has 36 heavy (non-hydrogen) atoms. The van der Waals surface area contributed by atoms with E-state index in [2.05, 4.69) is 53.7 Å². The molecule has 8 atom stereocenters. The molecule has 3 saturated carbocycles. The predicted octanol–water partition coefficient (Wildman–Crippen LogP) is 6.98. The number of ketones is 2. The summed E-state index contributed by atoms with van der Waals surface area (Å²) in [5.74, 6) is 0.502. The van der Waals surface area contributed by atoms with Gasteiger partial charge in [0.1, 0.15) is 6.07 Å². The van der Waals surface area contributed by atoms with Crippen LogP contribution in [-0.4, -0.2) is 11.6 Å². The summed E-state index contributed by atoms with van der Waals surface area (Å²) in [5.41, 5.74) is -0.613. The number of Topliss-reactive ketones (excluding diaryl/α,β-unsaturated/α-hetero) is 1. The molecule has 0 aliphatic heterocycles. The highest BCUT2D eigenvalue weighted by Crippen LogP contribution is 2.74. The molecule has 5 rings (SSSR count). The fraction of sp³-hybridized carbons (Fsp3) is 0.750. The van der Waals surface area contributed by atoms with Crippen molar-refractivity contribution in [3.8, 4) is 12.1 Å². The topological polar surface area (TPSA) is 81.7 Å². The largest absolute Gasteiger partial charge is 0.295 e. The predicted molar refractivity (Wildman–Crippen MR) is 139 cm³/mol. The molecule has 0 heterocycles. The average Bonchev–Trinajstić information content (AvgIpc) is 2.79. The van der Waals surface area contributed by atoms with E-state index in [1.54, 1.807) is 0 Å². The number of hydrogen-bond donors (Lipinski definition) is 0. The molecule has 0 aromatic heterocycles. The Labute approximate surface area is 217 Å². The zero-order chi connectivity index (χ0) is 26.7. The maximum Gasteiger partial charge on any atom is 0.178 e. The van der Waals surface area contributed by atoms with Gasteiger partial charge < -0.3 is 0 Å². The van der Waals surface area contributed by atoms with Crippen molar-refractivity contribution in [1.82, 2.24) is 0 Å². The van der Waals surface area contributed by atoms with Gasteiger partial charge in [-0.2, -0.15) is 10.5 Å². The summed E-state index contributed by atoms with van der Waals surface area (Å²) in [6, 6.07) is 4.95. The molecule has 4 nitrogen and oxygen atoms in total. The van der Waals surface area contributed by atoms with Crippen molar-refractivity contribution in [2.75, 3.05) is 0 Å². The SMILES string of the molecule is CC1C[C@]2(C#N)CC[C@]3(C)[C@H](C(=O)C=C4[C@@]5(C)C=C(C#N)C(=O)C(C)(C)[C@@H]5CC[C@]43C)[C@@H]2CC1(C)C. The zero-order valence-electron chi connectivity index (χ0n) is 23.4. The summed E-state index contributed by atoms with van der Waals surface area (Å²) in [5, 5.41) is 20.4. The normalized spacial score (nSPS) is 48.6. The van der Waals surface area contributed by atoms with Gasteiger partial charge in [-0.15, -0.1) is 0 Å². The first-order valence-corrected chi connectivity index (χ1v) is 13.9. The van der Waals surface area contributed by atoms with Crippen molar-refractivity contribution in [3.05, 3.63) is 23.3 Å². The van der Waals surface area contributed by atoms with E-state index in [-0.39, 0.29) is 51.1 Å². The molecule has 1 unspecified atom stereocenters. The van der Waals surface area contributed by atoms with Crippen LogP contribution in [0.5, 0.6) is 0 Å². The number of rotatable bonds is 0. The lowest BCUT2D eigenvalue weighted by Crippen LogP contribution is -2.65. The van der Waals surface area contributed by atoms with E-state index in [0.29, 0.717) is 5.92 Å². The van der Waals surface area contributed by atoms with Gasteiger partial charge in [-0.25, -0.2) is 0 Å². The van der Waals surface area contributed by atoms with E-state index in [9.17, 15) is 20.1 Å². The number of nitrogens with zero attached hydrogens (tertiary/aromatic N) is 2. The molecule has 0 aromatic carbocycles. The number of hydrogen-bond acceptors (Lipinski definition) is 4. The molecule has 0 bridgehead atoms. The quantitative estimate of drug-likeness (QED) is 0.370. The van der Waals surface area contributed by atoms with E-state index in [0.717, 1.165) is 44.1 Å². The van der Waals surface area contributed by atoms with Crippen molar-refractivity contribution in [3.63, 3.8) is 0 Å². The van der Waals surface area contributed by atoms with Crippen LogP contribution in [0, 0.1) is 78.8 Å². The van der Waals surface area contributed by atoms with Crippen LogP contribution in [0.15, 0.2) is 23.3 Å². The second-order valence-electron chi connectivity index (χ2n) is 15.0. The second-order valence-corrected chi connectivity index (χ2v) is 15.0. The third kappa shape index (κ3) is 2.80. The summed E-state index contributed by atoms with van der Waals surface area (Å²) in [6.45, 7) is 17.7. The van der Waals surface area contributed by atoms with E-state index in [1.807, 2.05) is 26.0 Å². The molecule has 0 radical (unpaired) electrons. The Morgan fingerprint density at radius 1 is 0.944 bits per heavy atom. The molecule has 5 aliphatic carbocycles. The van der Waals surface area contributed by atoms with Crippen molar-refractivity contribution < 1.29 is 9.59 Å². The fourth-order valence-corrected chi connectivity index (χ4v) is 10.1. The molecule has 4 heteroatoms. The van der Waals surface area contributed by atoms with Crippen molar-refractivity contribution in [2.24, 2.45) is 56.2 Å². The fourth-order valence-electron chi connectivity index (χ4n) is 10.1. The smallest absolute Gasteiger partial charge is 0.178 e. The van der Waals surface area contributed by atoms with Gasteiger partial charge in [0.05, 0.1) is 17.1 Å². The Balaban J connectivity index is 1.70. The van der Waals surface area contributed by atoms with Gasteiger partial charge in [0, 0.05) is 16.7 Å². The summed E-state index contributed by atoms with van der Waals surface area (Å²) in [6.07, 6.45) is 9.15. The number of nitriles is 2. The minimum absolute atomic E-state index is 0.0538. The number of carbonyl (C=O) groups excluding carboxylic acids is 2. The van der Waals surface area contributed by atoms with Crippen LogP contribution >= 0.6 is 0 Å². The maximum atomic E-state index is 14.3. The lowest BCUT2D eigenvalue weighted by atomic mass is 9.34. The van der Waals surface area contributed by atoms with Gasteiger partial charge in [0.15, 0.2) is 11.6 Å². The highest BCUT2D eigenvalue weighted by Gasteiger charge is 2.70. The molecule has 0 N–H and O–H groups in total. The first-order chi connectivity index (χ1) is 16.5. The Morgan fingerprint density at radius 2 is 1.61 bits per heavy atom. The lowest BCUT2D eigenvalue weighted by Gasteiger charge is -2.68. The van der Waals surface area contributed by atoms with Crippen LogP contribution in [0.1, 0.15) is 93.9 Å². The van der Waals surface area contributed by atoms with Gasteiger partial charge in [-0.1, -0.05) is 67.0 Å². The van der Waals surface area contributed by atoms with Crippen LogP contribution in [0.25, 0.3) is 0 Å². The third-order valence-electron chi connectivity index (χ3n) is 12.8. The van der Waals surface area contributed by atoms with E-state index < -0.39 is 16.2 Å². The van der Waals surface area contributed by atoms with E-state index >= 15 is 0 Å². The Hall–Kier alpha value is -2.20. The summed E-state index contributed by atoms with van der Waals surface area (Å²) in [7, 11) is 0. The Kier molecular flexibility index (Phi) is 5.10. The van der Waals surface area contributed by atoms with Crippen LogP contribution in [0.3, 0.4) is 0 Å². The number of carbonyl (C=O) groups is 2. The van der Waals surface area contributed by atoms with Crippen LogP contribution in [-0.2, 0) is 9.59 Å². The average molecular weight is 487 g/mol. The van der Waals surface area contributed by atoms with Crippen LogP contribution in [0.2, 0.25) is 0 Å². The molecule has 0 aromatic rings. The first kappa shape index (κ1) is 25.4. The summed E-state index contributed by atoms with van der Waals surface area (Å²) in [4.78, 5) is 27.5. The molecular formula is C32H42N2O2. The lowest BCUT2D eigenvalue weighted by molar-refractivity contribution is -0.167. The van der Waals surface area contributed by atoms with Gasteiger partial charge in [-0.3, -0.25) is 9.59 Å². The number of fused-ring (bicyclic) bond motifs is 7. The third-order valence-corrected chi connectivity index (χ3v) is 12.8. The molecule has 0 saturated heterocycles. The van der Waals surface area contributed by atoms with Crippen molar-refractivity contribution in [1.29, 1.82) is 10.5 Å². The Morgan fingerprint density at radius 3 is 2.22 bits per heavy atom. The van der Waals surface area contributed by atoms with Crippen molar-refractivity contribution in [2.45, 2.75) is 93.9 Å². The van der Waals surface area contributed by atoms with E-state index in [1.165, 1.54) is 0 Å². The second kappa shape index (κ2) is 7.22. The number of allylic oxidation sites excluding steroid dienone is 4. The van der Waals surface area contributed by atoms with Gasteiger partial charge in [0.25, 0.3) is 0 Å². The summed E-state index contributed by atoms with van der Waals surface area (Å²) < 4.78 is 0. The molecule has 192 valence electrons. The van der Waals surface area contributed by atoms with Gasteiger partial charge >= 0.3 is 0 Å². The minimum Gasteiger partial charge on any atom is -0.295 e. The Bertz CT molecular complexity index is 1210. The molecule has 5 aliphatic rings. The molecule has 0 spiro atoms. The maximum absolute atomic E-state index is 14.3. The molecular weight excluding hydrogens is 444 g/mol.